The molecule has 22 heavy (non-hydrogen) atoms. The number of anilines is 1. The number of nitrogens with zero attached hydrogens (tertiary/aromatic N) is 3. The molecule has 114 valence electrons. The molecule has 0 saturated carbocycles. The normalized spacial score (nSPS) is 15.0. The first-order valence-electron chi connectivity index (χ1n) is 7.61. The fourth-order valence-corrected chi connectivity index (χ4v) is 2.65. The molecule has 0 aliphatic carbocycles. The van der Waals surface area contributed by atoms with Gasteiger partial charge in [0.25, 0.3) is 5.91 Å². The van der Waals surface area contributed by atoms with Crippen molar-refractivity contribution >= 4 is 11.6 Å². The lowest BCUT2D eigenvalue weighted by Gasteiger charge is -2.13. The summed E-state index contributed by atoms with van der Waals surface area (Å²) >= 11 is 0. The molecule has 5 heteroatoms. The van der Waals surface area contributed by atoms with E-state index >= 15 is 0 Å². The van der Waals surface area contributed by atoms with Crippen LogP contribution >= 0.6 is 0 Å². The van der Waals surface area contributed by atoms with Crippen LogP contribution in [0.25, 0.3) is 0 Å². The molecule has 2 aromatic heterocycles. The van der Waals surface area contributed by atoms with E-state index in [9.17, 15) is 4.79 Å². The Balaban J connectivity index is 1.63. The molecule has 3 heterocycles. The molecule has 1 aliphatic heterocycles. The Morgan fingerprint density at radius 2 is 2.05 bits per heavy atom. The SMILES string of the molecule is Cc1cncc(NC(=O)c2ccc(CN3CCCC3)nc2)c1. The molecule has 0 spiro atoms. The second-order valence-corrected chi connectivity index (χ2v) is 5.73. The number of nitrogens with one attached hydrogen (secondary N) is 1. The summed E-state index contributed by atoms with van der Waals surface area (Å²) in [6.07, 6.45) is 7.57. The van der Waals surface area contributed by atoms with Crippen molar-refractivity contribution in [1.82, 2.24) is 14.9 Å². The Labute approximate surface area is 130 Å². The highest BCUT2D eigenvalue weighted by molar-refractivity contribution is 6.03. The molecule has 1 fully saturated rings. The number of carbonyl (C=O) groups is 1. The summed E-state index contributed by atoms with van der Waals surface area (Å²) in [5.74, 6) is -0.160. The van der Waals surface area contributed by atoms with Gasteiger partial charge in [0.15, 0.2) is 0 Å². The van der Waals surface area contributed by atoms with Crippen molar-refractivity contribution in [3.8, 4) is 0 Å². The number of carbonyl (C=O) groups excluding carboxylic acids is 1. The summed E-state index contributed by atoms with van der Waals surface area (Å²) in [5, 5.41) is 2.84. The van der Waals surface area contributed by atoms with E-state index in [-0.39, 0.29) is 5.91 Å². The van der Waals surface area contributed by atoms with E-state index in [1.54, 1.807) is 18.6 Å². The minimum atomic E-state index is -0.160. The number of rotatable bonds is 4. The lowest BCUT2D eigenvalue weighted by Crippen LogP contribution is -2.19. The molecule has 1 N–H and O–H groups in total. The quantitative estimate of drug-likeness (QED) is 0.942. The van der Waals surface area contributed by atoms with Gasteiger partial charge >= 0.3 is 0 Å². The lowest BCUT2D eigenvalue weighted by atomic mass is 10.2. The topological polar surface area (TPSA) is 58.1 Å². The number of hydrogen-bond acceptors (Lipinski definition) is 4. The average molecular weight is 296 g/mol. The van der Waals surface area contributed by atoms with Crippen LogP contribution in [0.15, 0.2) is 36.8 Å². The highest BCUT2D eigenvalue weighted by atomic mass is 16.1. The molecule has 5 nitrogen and oxygen atoms in total. The van der Waals surface area contributed by atoms with Crippen molar-refractivity contribution in [3.05, 3.63) is 53.6 Å². The summed E-state index contributed by atoms with van der Waals surface area (Å²) in [7, 11) is 0. The van der Waals surface area contributed by atoms with Crippen molar-refractivity contribution in [1.29, 1.82) is 0 Å². The van der Waals surface area contributed by atoms with Crippen LogP contribution < -0.4 is 5.32 Å². The molecule has 0 bridgehead atoms. The second-order valence-electron chi connectivity index (χ2n) is 5.73. The Morgan fingerprint density at radius 1 is 1.23 bits per heavy atom. The van der Waals surface area contributed by atoms with Crippen molar-refractivity contribution in [2.24, 2.45) is 0 Å². The first-order valence-corrected chi connectivity index (χ1v) is 7.61. The van der Waals surface area contributed by atoms with Crippen LogP contribution in [0.2, 0.25) is 0 Å². The van der Waals surface area contributed by atoms with Gasteiger partial charge in [-0.15, -0.1) is 0 Å². The summed E-state index contributed by atoms with van der Waals surface area (Å²) < 4.78 is 0. The van der Waals surface area contributed by atoms with Crippen LogP contribution in [-0.2, 0) is 6.54 Å². The molecule has 0 atom stereocenters. The van der Waals surface area contributed by atoms with Gasteiger partial charge in [0.1, 0.15) is 0 Å². The van der Waals surface area contributed by atoms with Crippen LogP contribution in [0.1, 0.15) is 34.5 Å². The van der Waals surface area contributed by atoms with Crippen LogP contribution in [-0.4, -0.2) is 33.9 Å². The Kier molecular flexibility index (Phi) is 4.44. The molecular weight excluding hydrogens is 276 g/mol. The van der Waals surface area contributed by atoms with Crippen LogP contribution in [0, 0.1) is 6.92 Å². The summed E-state index contributed by atoms with van der Waals surface area (Å²) in [4.78, 5) is 23.1. The van der Waals surface area contributed by atoms with Gasteiger partial charge in [-0.3, -0.25) is 19.7 Å². The van der Waals surface area contributed by atoms with Gasteiger partial charge in [-0.05, 0) is 56.6 Å². The zero-order chi connectivity index (χ0) is 15.4. The fraction of sp³-hybridized carbons (Fsp3) is 0.353. The highest BCUT2D eigenvalue weighted by Gasteiger charge is 2.13. The van der Waals surface area contributed by atoms with E-state index in [1.165, 1.54) is 12.8 Å². The first kappa shape index (κ1) is 14.7. The van der Waals surface area contributed by atoms with E-state index in [2.05, 4.69) is 20.2 Å². The second kappa shape index (κ2) is 6.66. The van der Waals surface area contributed by atoms with Gasteiger partial charge in [-0.25, -0.2) is 0 Å². The Morgan fingerprint density at radius 3 is 2.73 bits per heavy atom. The first-order chi connectivity index (χ1) is 10.7. The van der Waals surface area contributed by atoms with Gasteiger partial charge in [-0.1, -0.05) is 0 Å². The van der Waals surface area contributed by atoms with Gasteiger partial charge in [0, 0.05) is 18.9 Å². The van der Waals surface area contributed by atoms with Crippen LogP contribution in [0.4, 0.5) is 5.69 Å². The van der Waals surface area contributed by atoms with Gasteiger partial charge in [0.05, 0.1) is 23.1 Å². The number of aryl methyl sites for hydroxylation is 1. The van der Waals surface area contributed by atoms with Crippen LogP contribution in [0.5, 0.6) is 0 Å². The highest BCUT2D eigenvalue weighted by Crippen LogP contribution is 2.13. The number of likely N-dealkylation sites (tertiary alicyclic amines) is 1. The van der Waals surface area contributed by atoms with E-state index in [0.29, 0.717) is 11.3 Å². The average Bonchev–Trinajstić information content (AvgIpc) is 3.01. The van der Waals surface area contributed by atoms with Crippen molar-refractivity contribution in [2.75, 3.05) is 18.4 Å². The number of pyridine rings is 2. The fourth-order valence-electron chi connectivity index (χ4n) is 2.65. The van der Waals surface area contributed by atoms with Crippen molar-refractivity contribution < 1.29 is 4.79 Å². The third-order valence-electron chi connectivity index (χ3n) is 3.80. The number of hydrogen-bond donors (Lipinski definition) is 1. The molecule has 0 unspecified atom stereocenters. The minimum Gasteiger partial charge on any atom is -0.321 e. The molecule has 2 aromatic rings. The van der Waals surface area contributed by atoms with E-state index in [0.717, 1.165) is 30.9 Å². The van der Waals surface area contributed by atoms with Crippen molar-refractivity contribution in [3.63, 3.8) is 0 Å². The van der Waals surface area contributed by atoms with Gasteiger partial charge < -0.3 is 5.32 Å². The minimum absolute atomic E-state index is 0.160. The molecule has 1 saturated heterocycles. The summed E-state index contributed by atoms with van der Waals surface area (Å²) in [5.41, 5.74) is 3.28. The molecular formula is C17H20N4O. The van der Waals surface area contributed by atoms with E-state index < -0.39 is 0 Å². The standard InChI is InChI=1S/C17H20N4O/c1-13-8-16(11-18-9-13)20-17(22)14-4-5-15(19-10-14)12-21-6-2-3-7-21/h4-5,8-11H,2-3,6-7,12H2,1H3,(H,20,22). The molecule has 1 aliphatic rings. The molecule has 1 amide bonds. The smallest absolute Gasteiger partial charge is 0.257 e. The Hall–Kier alpha value is -2.27. The third-order valence-corrected chi connectivity index (χ3v) is 3.80. The summed E-state index contributed by atoms with van der Waals surface area (Å²) in [6, 6.07) is 5.65. The zero-order valence-corrected chi connectivity index (χ0v) is 12.7. The monoisotopic (exact) mass is 296 g/mol. The van der Waals surface area contributed by atoms with Gasteiger partial charge in [0.2, 0.25) is 0 Å². The summed E-state index contributed by atoms with van der Waals surface area (Å²) in [6.45, 7) is 5.09. The number of aromatic nitrogens is 2. The molecule has 0 radical (unpaired) electrons. The third kappa shape index (κ3) is 3.68. The van der Waals surface area contributed by atoms with Crippen molar-refractivity contribution in [2.45, 2.75) is 26.3 Å². The predicted octanol–water partition coefficient (Wildman–Crippen LogP) is 2.63. The number of amides is 1. The van der Waals surface area contributed by atoms with Crippen LogP contribution in [0.3, 0.4) is 0 Å². The zero-order valence-electron chi connectivity index (χ0n) is 12.7. The Bertz CT molecular complexity index is 648. The maximum Gasteiger partial charge on any atom is 0.257 e. The van der Waals surface area contributed by atoms with E-state index in [1.807, 2.05) is 25.1 Å². The largest absolute Gasteiger partial charge is 0.321 e. The molecule has 0 aromatic carbocycles. The maximum atomic E-state index is 12.2. The van der Waals surface area contributed by atoms with Gasteiger partial charge in [-0.2, -0.15) is 0 Å². The maximum absolute atomic E-state index is 12.2. The lowest BCUT2D eigenvalue weighted by molar-refractivity contribution is 0.102. The molecule has 3 rings (SSSR count). The van der Waals surface area contributed by atoms with E-state index in [4.69, 9.17) is 0 Å². The predicted molar refractivity (Wildman–Crippen MR) is 85.7 cm³/mol.